The normalized spacial score (nSPS) is 18.1. The summed E-state index contributed by atoms with van der Waals surface area (Å²) in [6, 6.07) is 5.91. The molecular weight excluding hydrogens is 279 g/mol. The van der Waals surface area contributed by atoms with E-state index in [4.69, 9.17) is 0 Å². The Kier molecular flexibility index (Phi) is 7.06. The average molecular weight is 296 g/mol. The van der Waals surface area contributed by atoms with Crippen molar-refractivity contribution in [2.75, 3.05) is 33.2 Å². The number of hydrogen-bond donors (Lipinski definition) is 0. The van der Waals surface area contributed by atoms with Gasteiger partial charge in [-0.3, -0.25) is 4.90 Å². The molecule has 0 N–H and O–H groups in total. The molecule has 0 unspecified atom stereocenters. The van der Waals surface area contributed by atoms with Gasteiger partial charge in [0, 0.05) is 32.7 Å². The average Bonchev–Trinajstić information content (AvgIpc) is 2.31. The van der Waals surface area contributed by atoms with E-state index in [9.17, 15) is 12.9 Å². The summed E-state index contributed by atoms with van der Waals surface area (Å²) in [7, 11) is 2.03. The van der Waals surface area contributed by atoms with Crippen molar-refractivity contribution in [1.82, 2.24) is 9.80 Å². The molecule has 2 nitrogen and oxygen atoms in total. The van der Waals surface area contributed by atoms with E-state index in [1.54, 1.807) is 12.1 Å². The summed E-state index contributed by atoms with van der Waals surface area (Å²) in [6.07, 6.45) is 0. The molecule has 100 valence electrons. The first-order chi connectivity index (χ1) is 8.47. The number of benzene rings is 1. The maximum absolute atomic E-state index is 12.9. The molecule has 1 fully saturated rings. The molecule has 1 heterocycles. The van der Waals surface area contributed by atoms with Gasteiger partial charge in [0.05, 0.1) is 0 Å². The first-order valence-corrected chi connectivity index (χ1v) is 6.15. The Hall–Kier alpha value is 0.631. The zero-order valence-corrected chi connectivity index (χ0v) is 14.6. The second kappa shape index (κ2) is 7.59. The van der Waals surface area contributed by atoms with Crippen LogP contribution in [0.5, 0.6) is 0 Å². The molecule has 0 amide bonds. The van der Waals surface area contributed by atoms with Gasteiger partial charge in [-0.25, -0.2) is 0 Å². The van der Waals surface area contributed by atoms with Gasteiger partial charge in [-0.1, -0.05) is 29.8 Å². The standard InChI is InChI=1S/C12H17BF3N2.K/c1-17-6-8-18(9-7-17)10-11-4-2-3-5-12(11)13(14,15)16;/h2-5H,6-10H2,1H3;/q-1;+1. The van der Waals surface area contributed by atoms with Crippen molar-refractivity contribution in [3.8, 4) is 0 Å². The summed E-state index contributed by atoms with van der Waals surface area (Å²) in [5.74, 6) is 0. The molecule has 19 heavy (non-hydrogen) atoms. The zero-order chi connectivity index (χ0) is 13.2. The first-order valence-electron chi connectivity index (χ1n) is 6.15. The van der Waals surface area contributed by atoms with Crippen molar-refractivity contribution in [2.24, 2.45) is 0 Å². The second-order valence-electron chi connectivity index (χ2n) is 4.85. The van der Waals surface area contributed by atoms with Crippen molar-refractivity contribution >= 4 is 12.4 Å². The third kappa shape index (κ3) is 5.15. The van der Waals surface area contributed by atoms with Gasteiger partial charge in [0.25, 0.3) is 0 Å². The molecule has 0 saturated carbocycles. The minimum absolute atomic E-state index is 0. The Morgan fingerprint density at radius 1 is 1.05 bits per heavy atom. The van der Waals surface area contributed by atoms with Crippen LogP contribution in [0.25, 0.3) is 0 Å². The Morgan fingerprint density at radius 3 is 2.21 bits per heavy atom. The van der Waals surface area contributed by atoms with Crippen LogP contribution >= 0.6 is 0 Å². The fourth-order valence-corrected chi connectivity index (χ4v) is 2.24. The molecule has 0 aliphatic carbocycles. The van der Waals surface area contributed by atoms with E-state index in [1.807, 2.05) is 7.05 Å². The van der Waals surface area contributed by atoms with E-state index in [1.165, 1.54) is 12.1 Å². The minimum atomic E-state index is -4.91. The molecule has 0 spiro atoms. The number of halogens is 3. The molecule has 0 aromatic heterocycles. The second-order valence-corrected chi connectivity index (χ2v) is 4.85. The maximum atomic E-state index is 12.9. The molecule has 7 heteroatoms. The van der Waals surface area contributed by atoms with E-state index in [-0.39, 0.29) is 51.4 Å². The van der Waals surface area contributed by atoms with Crippen molar-refractivity contribution in [1.29, 1.82) is 0 Å². The molecule has 1 saturated heterocycles. The molecule has 1 aromatic rings. The number of piperazine rings is 1. The number of hydrogen-bond acceptors (Lipinski definition) is 2. The molecule has 1 aliphatic heterocycles. The number of nitrogens with zero attached hydrogens (tertiary/aromatic N) is 2. The predicted octanol–water partition coefficient (Wildman–Crippen LogP) is -1.51. The monoisotopic (exact) mass is 296 g/mol. The summed E-state index contributed by atoms with van der Waals surface area (Å²) < 4.78 is 38.7. The van der Waals surface area contributed by atoms with Crippen molar-refractivity contribution in [3.63, 3.8) is 0 Å². The van der Waals surface area contributed by atoms with Gasteiger partial charge in [-0.05, 0) is 7.05 Å². The van der Waals surface area contributed by atoms with Crippen LogP contribution in [0.2, 0.25) is 0 Å². The van der Waals surface area contributed by atoms with Crippen molar-refractivity contribution < 1.29 is 64.3 Å². The quantitative estimate of drug-likeness (QED) is 0.626. The summed E-state index contributed by atoms with van der Waals surface area (Å²) in [5.41, 5.74) is -0.0500. The third-order valence-electron chi connectivity index (χ3n) is 3.40. The van der Waals surface area contributed by atoms with Crippen LogP contribution in [-0.2, 0) is 6.54 Å². The molecule has 1 aromatic carbocycles. The van der Waals surface area contributed by atoms with Crippen LogP contribution in [0.3, 0.4) is 0 Å². The smallest absolute Gasteiger partial charge is 0.445 e. The van der Waals surface area contributed by atoms with Crippen molar-refractivity contribution in [2.45, 2.75) is 6.54 Å². The largest absolute Gasteiger partial charge is 1.00 e. The van der Waals surface area contributed by atoms with Gasteiger partial charge < -0.3 is 17.8 Å². The summed E-state index contributed by atoms with van der Waals surface area (Å²) in [4.78, 5) is 4.27. The van der Waals surface area contributed by atoms with Gasteiger partial charge in [-0.2, -0.15) is 0 Å². The van der Waals surface area contributed by atoms with Crippen LogP contribution in [-0.4, -0.2) is 50.0 Å². The van der Waals surface area contributed by atoms with E-state index in [0.29, 0.717) is 12.1 Å². The number of likely N-dealkylation sites (N-methyl/N-ethyl adjacent to an activating group) is 1. The van der Waals surface area contributed by atoms with Crippen LogP contribution < -0.4 is 56.8 Å². The van der Waals surface area contributed by atoms with Gasteiger partial charge in [0.1, 0.15) is 0 Å². The van der Waals surface area contributed by atoms with Crippen LogP contribution in [0, 0.1) is 0 Å². The Bertz CT molecular complexity index is 406. The Morgan fingerprint density at radius 2 is 1.63 bits per heavy atom. The van der Waals surface area contributed by atoms with E-state index >= 15 is 0 Å². The fourth-order valence-electron chi connectivity index (χ4n) is 2.24. The Balaban J connectivity index is 0.00000180. The van der Waals surface area contributed by atoms with Gasteiger partial charge in [0.15, 0.2) is 0 Å². The van der Waals surface area contributed by atoms with Gasteiger partial charge in [-0.15, -0.1) is 5.46 Å². The summed E-state index contributed by atoms with van der Waals surface area (Å²) in [6.45, 7) is -1.03. The van der Waals surface area contributed by atoms with Gasteiger partial charge >= 0.3 is 58.4 Å². The molecule has 2 rings (SSSR count). The summed E-state index contributed by atoms with van der Waals surface area (Å²) in [5, 5.41) is 0. The van der Waals surface area contributed by atoms with Crippen LogP contribution in [0.4, 0.5) is 12.9 Å². The summed E-state index contributed by atoms with van der Waals surface area (Å²) >= 11 is 0. The molecule has 0 atom stereocenters. The number of rotatable bonds is 3. The van der Waals surface area contributed by atoms with E-state index in [2.05, 4.69) is 9.80 Å². The molecule has 1 aliphatic rings. The third-order valence-corrected chi connectivity index (χ3v) is 3.40. The topological polar surface area (TPSA) is 6.48 Å². The SMILES string of the molecule is CN1CCN(Cc2ccccc2[B-](F)(F)F)CC1.[K+]. The molecule has 0 bridgehead atoms. The molecular formula is C12H17BF3KN2. The van der Waals surface area contributed by atoms with Gasteiger partial charge in [0.2, 0.25) is 0 Å². The Labute approximate surface area is 154 Å². The fraction of sp³-hybridized carbons (Fsp3) is 0.500. The predicted molar refractivity (Wildman–Crippen MR) is 67.9 cm³/mol. The maximum Gasteiger partial charge on any atom is 1.00 e. The molecule has 0 radical (unpaired) electrons. The van der Waals surface area contributed by atoms with Crippen molar-refractivity contribution in [3.05, 3.63) is 29.8 Å². The zero-order valence-electron chi connectivity index (χ0n) is 11.5. The van der Waals surface area contributed by atoms with E-state index < -0.39 is 12.4 Å². The first kappa shape index (κ1) is 17.7. The minimum Gasteiger partial charge on any atom is -0.445 e. The van der Waals surface area contributed by atoms with E-state index in [0.717, 1.165) is 26.2 Å². The van der Waals surface area contributed by atoms with Crippen LogP contribution in [0.15, 0.2) is 24.3 Å². The van der Waals surface area contributed by atoms with Crippen LogP contribution in [0.1, 0.15) is 5.56 Å².